The number of hydrogen-bond donors (Lipinski definition) is 3. The number of fused-ring (bicyclic) bond motifs is 1. The first-order valence-corrected chi connectivity index (χ1v) is 9.31. The van der Waals surface area contributed by atoms with Gasteiger partial charge in [-0.05, 0) is 6.08 Å². The molecule has 13 heteroatoms. The minimum atomic E-state index is -1.19. The van der Waals surface area contributed by atoms with Crippen LogP contribution in [0.3, 0.4) is 0 Å². The second-order valence-corrected chi connectivity index (χ2v) is 7.86. The lowest BCUT2D eigenvalue weighted by Crippen LogP contribution is -2.70. The van der Waals surface area contributed by atoms with E-state index in [1.54, 1.807) is 0 Å². The van der Waals surface area contributed by atoms with Gasteiger partial charge in [0, 0.05) is 5.75 Å². The van der Waals surface area contributed by atoms with Crippen molar-refractivity contribution in [2.45, 2.75) is 11.4 Å². The molecule has 2 aliphatic rings. The summed E-state index contributed by atoms with van der Waals surface area (Å²) in [7, 11) is 1.24. The summed E-state index contributed by atoms with van der Waals surface area (Å²) in [6.07, 6.45) is 1.45. The van der Waals surface area contributed by atoms with Crippen molar-refractivity contribution in [1.29, 1.82) is 0 Å². The van der Waals surface area contributed by atoms with E-state index in [1.165, 1.54) is 24.9 Å². The normalized spacial score (nSPS) is 22.2. The van der Waals surface area contributed by atoms with Gasteiger partial charge in [0.1, 0.15) is 34.3 Å². The number of carboxylic acids is 1. The number of nitrogens with one attached hydrogen (secondary N) is 1. The SMILES string of the molecule is CO/N=C(/C(=O)N[C@@H]1C(=O)N2C(C(=O)O)=CCS[C@H]12)c1nc(N)sc1Cl. The zero-order valence-electron chi connectivity index (χ0n) is 13.1. The van der Waals surface area contributed by atoms with Gasteiger partial charge in [-0.15, -0.1) is 11.8 Å². The number of oxime groups is 1. The number of hydrogen-bond acceptors (Lipinski definition) is 9. The van der Waals surface area contributed by atoms with Gasteiger partial charge in [-0.3, -0.25) is 14.5 Å². The smallest absolute Gasteiger partial charge is 0.352 e. The molecule has 0 saturated carbocycles. The fourth-order valence-corrected chi connectivity index (χ4v) is 4.62. The van der Waals surface area contributed by atoms with Crippen LogP contribution in [0, 0.1) is 0 Å². The van der Waals surface area contributed by atoms with Crippen LogP contribution in [0.1, 0.15) is 5.69 Å². The maximum absolute atomic E-state index is 12.6. The largest absolute Gasteiger partial charge is 0.477 e. The van der Waals surface area contributed by atoms with Crippen molar-refractivity contribution in [3.05, 3.63) is 21.8 Å². The van der Waals surface area contributed by atoms with Crippen LogP contribution >= 0.6 is 34.7 Å². The molecular formula is C13H12ClN5O5S2. The van der Waals surface area contributed by atoms with E-state index in [0.717, 1.165) is 16.2 Å². The van der Waals surface area contributed by atoms with Crippen LogP contribution in [-0.2, 0) is 19.2 Å². The van der Waals surface area contributed by atoms with Crippen molar-refractivity contribution in [3.63, 3.8) is 0 Å². The highest BCUT2D eigenvalue weighted by atomic mass is 35.5. The molecule has 0 bridgehead atoms. The molecule has 0 aromatic carbocycles. The molecule has 3 rings (SSSR count). The molecule has 1 fully saturated rings. The zero-order chi connectivity index (χ0) is 19.0. The minimum Gasteiger partial charge on any atom is -0.477 e. The Morgan fingerprint density at radius 1 is 1.58 bits per heavy atom. The first-order valence-electron chi connectivity index (χ1n) is 7.07. The van der Waals surface area contributed by atoms with E-state index in [0.29, 0.717) is 5.75 Å². The molecule has 0 unspecified atom stereocenters. The number of anilines is 1. The Morgan fingerprint density at radius 3 is 2.88 bits per heavy atom. The summed E-state index contributed by atoms with van der Waals surface area (Å²) in [6.45, 7) is 0. The summed E-state index contributed by atoms with van der Waals surface area (Å²) in [4.78, 5) is 45.8. The second-order valence-electron chi connectivity index (χ2n) is 5.07. The van der Waals surface area contributed by atoms with E-state index in [4.69, 9.17) is 22.4 Å². The number of carbonyl (C=O) groups excluding carboxylic acids is 2. The fourth-order valence-electron chi connectivity index (χ4n) is 2.49. The number of nitrogens with zero attached hydrogens (tertiary/aromatic N) is 3. The summed E-state index contributed by atoms with van der Waals surface area (Å²) in [5.41, 5.74) is 5.29. The first kappa shape index (κ1) is 18.5. The number of thiazole rings is 1. The Balaban J connectivity index is 1.79. The molecule has 1 aromatic heterocycles. The predicted octanol–water partition coefficient (Wildman–Crippen LogP) is 0.0976. The van der Waals surface area contributed by atoms with Crippen molar-refractivity contribution >= 4 is 63.3 Å². The Bertz CT molecular complexity index is 854. The van der Waals surface area contributed by atoms with Crippen molar-refractivity contribution in [2.24, 2.45) is 5.16 Å². The number of aromatic nitrogens is 1. The Hall–Kier alpha value is -2.31. The molecular weight excluding hydrogens is 406 g/mol. The van der Waals surface area contributed by atoms with E-state index in [-0.39, 0.29) is 26.6 Å². The van der Waals surface area contributed by atoms with Gasteiger partial charge >= 0.3 is 5.97 Å². The lowest BCUT2D eigenvalue weighted by atomic mass is 10.0. The molecule has 0 spiro atoms. The predicted molar refractivity (Wildman–Crippen MR) is 95.8 cm³/mol. The Kier molecular flexibility index (Phi) is 5.07. The third-order valence-corrected chi connectivity index (χ3v) is 5.84. The van der Waals surface area contributed by atoms with Gasteiger partial charge in [0.25, 0.3) is 11.8 Å². The van der Waals surface area contributed by atoms with Crippen LogP contribution in [0.5, 0.6) is 0 Å². The van der Waals surface area contributed by atoms with E-state index in [1.807, 2.05) is 0 Å². The monoisotopic (exact) mass is 417 g/mol. The molecule has 26 heavy (non-hydrogen) atoms. The van der Waals surface area contributed by atoms with Gasteiger partial charge in [0.2, 0.25) is 0 Å². The topological polar surface area (TPSA) is 147 Å². The van der Waals surface area contributed by atoms with E-state index >= 15 is 0 Å². The minimum absolute atomic E-state index is 0.0413. The number of β-lactam (4-membered cyclic amide) rings is 1. The summed E-state index contributed by atoms with van der Waals surface area (Å²) in [5.74, 6) is -2.04. The van der Waals surface area contributed by atoms with Gasteiger partial charge in [0.15, 0.2) is 10.8 Å². The van der Waals surface area contributed by atoms with Crippen molar-refractivity contribution < 1.29 is 24.3 Å². The van der Waals surface area contributed by atoms with Crippen molar-refractivity contribution in [3.8, 4) is 0 Å². The van der Waals surface area contributed by atoms with E-state index in [2.05, 4.69) is 20.3 Å². The molecule has 0 radical (unpaired) electrons. The highest BCUT2D eigenvalue weighted by Crippen LogP contribution is 2.37. The average Bonchev–Trinajstić information content (AvgIpc) is 2.94. The number of aliphatic carboxylic acids is 1. The van der Waals surface area contributed by atoms with Gasteiger partial charge in [-0.25, -0.2) is 9.78 Å². The molecule has 0 aliphatic carbocycles. The molecule has 2 aliphatic heterocycles. The first-order chi connectivity index (χ1) is 12.3. The lowest BCUT2D eigenvalue weighted by Gasteiger charge is -2.48. The van der Waals surface area contributed by atoms with Crippen LogP contribution in [0.25, 0.3) is 0 Å². The van der Waals surface area contributed by atoms with Gasteiger partial charge in [-0.1, -0.05) is 28.1 Å². The number of nitrogens with two attached hydrogens (primary N) is 1. The van der Waals surface area contributed by atoms with Crippen LogP contribution < -0.4 is 11.1 Å². The maximum Gasteiger partial charge on any atom is 0.352 e. The van der Waals surface area contributed by atoms with Crippen molar-refractivity contribution in [1.82, 2.24) is 15.2 Å². The third kappa shape index (κ3) is 3.10. The van der Waals surface area contributed by atoms with Crippen LogP contribution in [-0.4, -0.2) is 62.8 Å². The van der Waals surface area contributed by atoms with Gasteiger partial charge < -0.3 is 21.0 Å². The zero-order valence-corrected chi connectivity index (χ0v) is 15.5. The van der Waals surface area contributed by atoms with Gasteiger partial charge in [0.05, 0.1) is 0 Å². The number of nitrogen functional groups attached to an aromatic ring is 1. The molecule has 2 atom stereocenters. The number of thioether (sulfide) groups is 1. The number of amides is 2. The lowest BCUT2D eigenvalue weighted by molar-refractivity contribution is -0.150. The van der Waals surface area contributed by atoms with Crippen LogP contribution in [0.2, 0.25) is 4.34 Å². The third-order valence-electron chi connectivity index (χ3n) is 3.58. The average molecular weight is 418 g/mol. The van der Waals surface area contributed by atoms with E-state index < -0.39 is 29.2 Å². The highest BCUT2D eigenvalue weighted by Gasteiger charge is 2.53. The number of carbonyl (C=O) groups is 3. The number of halogens is 1. The van der Waals surface area contributed by atoms with E-state index in [9.17, 15) is 14.4 Å². The standard InChI is InChI=1S/C13H12ClN5O5S2/c1-24-18-6(5-8(14)26-13(15)17-5)9(20)16-7-10(21)19-4(12(22)23)2-3-25-11(7)19/h2,7,11H,3H2,1H3,(H2,15,17)(H,16,20)(H,22,23)/b18-6+/t7-,11-/m1/s1. The quantitative estimate of drug-likeness (QED) is 0.347. The fraction of sp³-hybridized carbons (Fsp3) is 0.308. The molecule has 10 nitrogen and oxygen atoms in total. The summed E-state index contributed by atoms with van der Waals surface area (Å²) in [6, 6.07) is -0.896. The highest BCUT2D eigenvalue weighted by molar-refractivity contribution is 8.00. The van der Waals surface area contributed by atoms with Gasteiger partial charge in [-0.2, -0.15) is 0 Å². The van der Waals surface area contributed by atoms with Crippen LogP contribution in [0.4, 0.5) is 5.13 Å². The Labute approximate surface area is 160 Å². The maximum atomic E-state index is 12.6. The Morgan fingerprint density at radius 2 is 2.31 bits per heavy atom. The number of carboxylic acid groups (broad SMARTS) is 1. The van der Waals surface area contributed by atoms with Crippen molar-refractivity contribution in [2.75, 3.05) is 18.6 Å². The summed E-state index contributed by atoms with van der Waals surface area (Å²) in [5, 5.41) is 14.9. The molecule has 4 N–H and O–H groups in total. The van der Waals surface area contributed by atoms with Crippen LogP contribution in [0.15, 0.2) is 16.9 Å². The molecule has 138 valence electrons. The molecule has 1 saturated heterocycles. The summed E-state index contributed by atoms with van der Waals surface area (Å²) < 4.78 is 0.151. The molecule has 2 amide bonds. The number of rotatable bonds is 5. The molecule has 3 heterocycles. The second kappa shape index (κ2) is 7.13. The summed E-state index contributed by atoms with van der Waals surface area (Å²) >= 11 is 8.31. The molecule has 1 aromatic rings.